The van der Waals surface area contributed by atoms with Crippen LogP contribution in [-0.4, -0.2) is 47.0 Å². The van der Waals surface area contributed by atoms with Crippen molar-refractivity contribution in [1.29, 1.82) is 0 Å². The Hall–Kier alpha value is -1.88. The molecule has 4 rings (SSSR count). The first kappa shape index (κ1) is 18.5. The molecule has 1 aliphatic carbocycles. The Morgan fingerprint density at radius 3 is 2.56 bits per heavy atom. The van der Waals surface area contributed by atoms with Gasteiger partial charge in [0.1, 0.15) is 18.0 Å². The number of aliphatic hydroxyl groups is 1. The number of aryl methyl sites for hydroxylation is 1. The monoisotopic (exact) mass is 371 g/mol. The predicted octanol–water partition coefficient (Wildman–Crippen LogP) is 3.13. The number of likely N-dealkylation sites (tertiary alicyclic amines) is 1. The van der Waals surface area contributed by atoms with Gasteiger partial charge in [-0.25, -0.2) is 0 Å². The van der Waals surface area contributed by atoms with E-state index in [0.717, 1.165) is 62.9 Å². The summed E-state index contributed by atoms with van der Waals surface area (Å²) in [5.74, 6) is 1.06. The minimum absolute atomic E-state index is 0.225. The largest absolute Gasteiger partial charge is 0.487 e. The van der Waals surface area contributed by atoms with Crippen molar-refractivity contribution in [3.8, 4) is 5.75 Å². The average Bonchev–Trinajstić information content (AvgIpc) is 2.73. The van der Waals surface area contributed by atoms with Crippen molar-refractivity contribution in [2.45, 2.75) is 63.4 Å². The highest BCUT2D eigenvalue weighted by Crippen LogP contribution is 2.40. The van der Waals surface area contributed by atoms with Gasteiger partial charge in [0.2, 0.25) is 5.91 Å². The van der Waals surface area contributed by atoms with Crippen LogP contribution in [-0.2, 0) is 11.2 Å². The molecule has 0 atom stereocenters. The van der Waals surface area contributed by atoms with E-state index in [1.807, 2.05) is 11.0 Å². The van der Waals surface area contributed by atoms with Gasteiger partial charge in [-0.1, -0.05) is 31.4 Å². The van der Waals surface area contributed by atoms with Crippen LogP contribution in [0.1, 0.15) is 67.3 Å². The maximum Gasteiger partial charge on any atom is 0.225 e. The maximum atomic E-state index is 12.8. The van der Waals surface area contributed by atoms with Crippen LogP contribution in [0.15, 0.2) is 18.2 Å². The van der Waals surface area contributed by atoms with E-state index in [0.29, 0.717) is 11.5 Å². The van der Waals surface area contributed by atoms with Crippen LogP contribution >= 0.6 is 0 Å². The molecule has 1 saturated carbocycles. The summed E-state index contributed by atoms with van der Waals surface area (Å²) < 4.78 is 6.40. The van der Waals surface area contributed by atoms with Gasteiger partial charge in [0.15, 0.2) is 5.78 Å². The van der Waals surface area contributed by atoms with Gasteiger partial charge in [0.05, 0.1) is 0 Å². The van der Waals surface area contributed by atoms with Gasteiger partial charge < -0.3 is 14.7 Å². The Morgan fingerprint density at radius 1 is 1.11 bits per heavy atom. The molecular weight excluding hydrogens is 342 g/mol. The molecule has 27 heavy (non-hydrogen) atoms. The van der Waals surface area contributed by atoms with Gasteiger partial charge in [-0.15, -0.1) is 0 Å². The second-order valence-electron chi connectivity index (χ2n) is 8.35. The fourth-order valence-corrected chi connectivity index (χ4v) is 4.86. The lowest BCUT2D eigenvalue weighted by Gasteiger charge is -2.45. The van der Waals surface area contributed by atoms with E-state index in [-0.39, 0.29) is 17.3 Å². The number of ketones is 1. The summed E-state index contributed by atoms with van der Waals surface area (Å²) >= 11 is 0. The fourth-order valence-electron chi connectivity index (χ4n) is 4.86. The Labute approximate surface area is 160 Å². The number of amides is 1. The normalized spacial score (nSPS) is 22.2. The minimum atomic E-state index is -0.484. The highest BCUT2D eigenvalue weighted by atomic mass is 16.5. The predicted molar refractivity (Wildman–Crippen MR) is 102 cm³/mol. The second-order valence-corrected chi connectivity index (χ2v) is 8.35. The Morgan fingerprint density at radius 2 is 1.85 bits per heavy atom. The zero-order chi connectivity index (χ0) is 18.9. The van der Waals surface area contributed by atoms with Crippen molar-refractivity contribution in [2.24, 2.45) is 5.92 Å². The maximum absolute atomic E-state index is 12.8. The van der Waals surface area contributed by atoms with E-state index in [1.165, 1.54) is 19.3 Å². The number of carbonyl (C=O) groups is 2. The zero-order valence-corrected chi connectivity index (χ0v) is 15.9. The number of hydrogen-bond acceptors (Lipinski definition) is 4. The molecule has 2 aliphatic heterocycles. The summed E-state index contributed by atoms with van der Waals surface area (Å²) in [6, 6.07) is 5.48. The summed E-state index contributed by atoms with van der Waals surface area (Å²) in [5, 5.41) is 9.10. The number of Topliss-reactive ketones (excluding diaryl/α,β-unsaturated/α-hetero) is 1. The molecule has 1 saturated heterocycles. The van der Waals surface area contributed by atoms with Crippen molar-refractivity contribution >= 4 is 11.7 Å². The quantitative estimate of drug-likeness (QED) is 0.829. The summed E-state index contributed by atoms with van der Waals surface area (Å²) in [6.45, 7) is 1.04. The van der Waals surface area contributed by atoms with Gasteiger partial charge >= 0.3 is 0 Å². The number of aliphatic hydroxyl groups excluding tert-OH is 1. The summed E-state index contributed by atoms with van der Waals surface area (Å²) in [5.41, 5.74) is 1.39. The molecule has 2 heterocycles. The van der Waals surface area contributed by atoms with Crippen LogP contribution in [0, 0.1) is 5.92 Å². The molecule has 5 heteroatoms. The van der Waals surface area contributed by atoms with Gasteiger partial charge in [0, 0.05) is 37.4 Å². The number of nitrogens with zero attached hydrogens (tertiary/aromatic N) is 1. The first-order chi connectivity index (χ1) is 13.1. The van der Waals surface area contributed by atoms with Crippen molar-refractivity contribution in [2.75, 3.05) is 19.7 Å². The minimum Gasteiger partial charge on any atom is -0.487 e. The SMILES string of the molecule is O=C(CO)c1ccc2c(c1)OC1(CC2)CCN(C(=O)C2CCCCC2)CC1. The standard InChI is InChI=1S/C22H29NO4/c24-15-19(25)18-7-6-16-8-9-22(27-20(16)14-18)10-12-23(13-11-22)21(26)17-4-2-1-3-5-17/h6-7,14,17,24H,1-5,8-13,15H2. The van der Waals surface area contributed by atoms with Gasteiger partial charge in [-0.3, -0.25) is 9.59 Å². The number of carbonyl (C=O) groups excluding carboxylic acids is 2. The lowest BCUT2D eigenvalue weighted by Crippen LogP contribution is -2.52. The third-order valence-corrected chi connectivity index (χ3v) is 6.65. The van der Waals surface area contributed by atoms with Crippen molar-refractivity contribution < 1.29 is 19.4 Å². The van der Waals surface area contributed by atoms with Gasteiger partial charge in [-0.05, 0) is 37.3 Å². The number of ether oxygens (including phenoxy) is 1. The molecule has 0 bridgehead atoms. The molecule has 5 nitrogen and oxygen atoms in total. The van der Waals surface area contributed by atoms with Crippen LogP contribution < -0.4 is 4.74 Å². The number of rotatable bonds is 3. The Kier molecular flexibility index (Phi) is 5.22. The van der Waals surface area contributed by atoms with Gasteiger partial charge in [-0.2, -0.15) is 0 Å². The molecule has 3 aliphatic rings. The summed E-state index contributed by atoms with van der Waals surface area (Å²) in [4.78, 5) is 26.6. The molecule has 1 N–H and O–H groups in total. The lowest BCUT2D eigenvalue weighted by molar-refractivity contribution is -0.140. The molecule has 1 amide bonds. The molecule has 0 aromatic heterocycles. The third kappa shape index (κ3) is 3.75. The number of fused-ring (bicyclic) bond motifs is 1. The molecule has 0 radical (unpaired) electrons. The van der Waals surface area contributed by atoms with E-state index in [9.17, 15) is 9.59 Å². The number of benzene rings is 1. The average molecular weight is 371 g/mol. The first-order valence-electron chi connectivity index (χ1n) is 10.3. The highest BCUT2D eigenvalue weighted by molar-refractivity contribution is 5.97. The van der Waals surface area contributed by atoms with Crippen molar-refractivity contribution in [3.05, 3.63) is 29.3 Å². The van der Waals surface area contributed by atoms with Crippen molar-refractivity contribution in [1.82, 2.24) is 4.90 Å². The summed E-state index contributed by atoms with van der Waals surface area (Å²) in [6.07, 6.45) is 9.31. The molecule has 1 aromatic rings. The Bertz CT molecular complexity index is 715. The van der Waals surface area contributed by atoms with Crippen LogP contribution in [0.4, 0.5) is 0 Å². The zero-order valence-electron chi connectivity index (χ0n) is 15.9. The van der Waals surface area contributed by atoms with Crippen LogP contribution in [0.2, 0.25) is 0 Å². The topological polar surface area (TPSA) is 66.8 Å². The summed E-state index contributed by atoms with van der Waals surface area (Å²) in [7, 11) is 0. The van der Waals surface area contributed by atoms with Gasteiger partial charge in [0.25, 0.3) is 0 Å². The van der Waals surface area contributed by atoms with Crippen molar-refractivity contribution in [3.63, 3.8) is 0 Å². The van der Waals surface area contributed by atoms with E-state index < -0.39 is 6.61 Å². The van der Waals surface area contributed by atoms with E-state index >= 15 is 0 Å². The lowest BCUT2D eigenvalue weighted by atomic mass is 9.82. The van der Waals surface area contributed by atoms with E-state index in [4.69, 9.17) is 9.84 Å². The highest BCUT2D eigenvalue weighted by Gasteiger charge is 2.41. The smallest absolute Gasteiger partial charge is 0.225 e. The molecule has 1 spiro atoms. The third-order valence-electron chi connectivity index (χ3n) is 6.65. The number of piperidine rings is 1. The first-order valence-corrected chi connectivity index (χ1v) is 10.3. The Balaban J connectivity index is 1.41. The molecule has 0 unspecified atom stereocenters. The van der Waals surface area contributed by atoms with E-state index in [2.05, 4.69) is 0 Å². The molecule has 2 fully saturated rings. The number of hydrogen-bond donors (Lipinski definition) is 1. The van der Waals surface area contributed by atoms with Crippen LogP contribution in [0.25, 0.3) is 0 Å². The molecular formula is C22H29NO4. The van der Waals surface area contributed by atoms with Crippen LogP contribution in [0.3, 0.4) is 0 Å². The van der Waals surface area contributed by atoms with E-state index in [1.54, 1.807) is 12.1 Å². The second kappa shape index (κ2) is 7.63. The molecule has 146 valence electrons. The molecule has 1 aromatic carbocycles. The fraction of sp³-hybridized carbons (Fsp3) is 0.636. The van der Waals surface area contributed by atoms with Crippen LogP contribution in [0.5, 0.6) is 5.75 Å².